The first kappa shape index (κ1) is 13.2. The maximum atomic E-state index is 10.8. The number of hydrogen-bond donors (Lipinski definition) is 2. The van der Waals surface area contributed by atoms with Crippen molar-refractivity contribution in [2.75, 3.05) is 6.61 Å². The maximum Gasteiger partial charge on any atom is 0.218 e. The van der Waals surface area contributed by atoms with Gasteiger partial charge in [-0.15, -0.1) is 0 Å². The summed E-state index contributed by atoms with van der Waals surface area (Å²) in [6.45, 7) is 3.26. The van der Waals surface area contributed by atoms with Crippen molar-refractivity contribution in [1.82, 2.24) is 5.32 Å². The average molecular weight is 269 g/mol. The SMILES string of the molecule is CC(CC(N)=O)NCc1cc(Cl)cc2c1OCC2. The van der Waals surface area contributed by atoms with E-state index >= 15 is 0 Å². The van der Waals surface area contributed by atoms with Crippen LogP contribution >= 0.6 is 11.6 Å². The molecule has 0 saturated carbocycles. The Bertz CT molecular complexity index is 463. The Kier molecular flexibility index (Phi) is 4.09. The summed E-state index contributed by atoms with van der Waals surface area (Å²) in [7, 11) is 0. The van der Waals surface area contributed by atoms with Crippen molar-refractivity contribution in [3.63, 3.8) is 0 Å². The van der Waals surface area contributed by atoms with Crippen LogP contribution in [0.5, 0.6) is 5.75 Å². The zero-order chi connectivity index (χ0) is 13.1. The number of carbonyl (C=O) groups excluding carboxylic acids is 1. The molecule has 1 unspecified atom stereocenters. The van der Waals surface area contributed by atoms with Crippen LogP contribution in [0.25, 0.3) is 0 Å². The second-order valence-electron chi connectivity index (χ2n) is 4.60. The summed E-state index contributed by atoms with van der Waals surface area (Å²) in [5, 5.41) is 3.97. The van der Waals surface area contributed by atoms with Crippen molar-refractivity contribution in [2.24, 2.45) is 5.73 Å². The third kappa shape index (κ3) is 3.15. The summed E-state index contributed by atoms with van der Waals surface area (Å²) < 4.78 is 5.61. The molecule has 1 aromatic carbocycles. The van der Waals surface area contributed by atoms with E-state index in [0.29, 0.717) is 19.6 Å². The van der Waals surface area contributed by atoms with Gasteiger partial charge < -0.3 is 15.8 Å². The molecule has 3 N–H and O–H groups in total. The van der Waals surface area contributed by atoms with Crippen LogP contribution in [0.15, 0.2) is 12.1 Å². The number of rotatable bonds is 5. The van der Waals surface area contributed by atoms with Gasteiger partial charge in [-0.05, 0) is 24.6 Å². The van der Waals surface area contributed by atoms with Gasteiger partial charge in [-0.1, -0.05) is 11.6 Å². The molecule has 0 fully saturated rings. The highest BCUT2D eigenvalue weighted by molar-refractivity contribution is 6.30. The average Bonchev–Trinajstić information content (AvgIpc) is 2.72. The van der Waals surface area contributed by atoms with Crippen molar-refractivity contribution < 1.29 is 9.53 Å². The van der Waals surface area contributed by atoms with E-state index in [1.54, 1.807) is 0 Å². The minimum absolute atomic E-state index is 0.0403. The number of nitrogens with two attached hydrogens (primary N) is 1. The third-order valence-corrected chi connectivity index (χ3v) is 3.19. The molecule has 0 radical (unpaired) electrons. The molecule has 18 heavy (non-hydrogen) atoms. The molecule has 5 heteroatoms. The van der Waals surface area contributed by atoms with Crippen LogP contribution in [0.3, 0.4) is 0 Å². The number of ether oxygens (including phenoxy) is 1. The van der Waals surface area contributed by atoms with Gasteiger partial charge in [0.05, 0.1) is 6.61 Å². The molecule has 4 nitrogen and oxygen atoms in total. The van der Waals surface area contributed by atoms with Crippen LogP contribution in [-0.2, 0) is 17.8 Å². The van der Waals surface area contributed by atoms with Gasteiger partial charge in [-0.2, -0.15) is 0 Å². The fraction of sp³-hybridized carbons (Fsp3) is 0.462. The Morgan fingerprint density at radius 2 is 2.39 bits per heavy atom. The van der Waals surface area contributed by atoms with Crippen molar-refractivity contribution in [1.29, 1.82) is 0 Å². The monoisotopic (exact) mass is 268 g/mol. The van der Waals surface area contributed by atoms with E-state index < -0.39 is 0 Å². The van der Waals surface area contributed by atoms with Crippen LogP contribution in [0, 0.1) is 0 Å². The lowest BCUT2D eigenvalue weighted by Gasteiger charge is -2.14. The standard InChI is InChI=1S/C13H17ClN2O2/c1-8(4-12(15)17)16-7-10-6-11(14)5-9-2-3-18-13(9)10/h5-6,8,16H,2-4,7H2,1H3,(H2,15,17). The van der Waals surface area contributed by atoms with E-state index in [1.807, 2.05) is 19.1 Å². The minimum atomic E-state index is -0.303. The van der Waals surface area contributed by atoms with E-state index in [9.17, 15) is 4.79 Å². The van der Waals surface area contributed by atoms with E-state index in [2.05, 4.69) is 5.32 Å². The normalized spacial score (nSPS) is 15.0. The molecule has 98 valence electrons. The molecule has 1 amide bonds. The van der Waals surface area contributed by atoms with Gasteiger partial charge in [0, 0.05) is 36.0 Å². The van der Waals surface area contributed by atoms with Crippen molar-refractivity contribution in [3.8, 4) is 5.75 Å². The van der Waals surface area contributed by atoms with Gasteiger partial charge in [-0.3, -0.25) is 4.79 Å². The number of nitrogens with one attached hydrogen (secondary N) is 1. The van der Waals surface area contributed by atoms with Crippen LogP contribution in [-0.4, -0.2) is 18.6 Å². The number of amides is 1. The summed E-state index contributed by atoms with van der Waals surface area (Å²) in [5.41, 5.74) is 7.34. The Labute approximate surface area is 111 Å². The molecule has 0 bridgehead atoms. The molecule has 1 atom stereocenters. The highest BCUT2D eigenvalue weighted by atomic mass is 35.5. The van der Waals surface area contributed by atoms with E-state index in [-0.39, 0.29) is 11.9 Å². The van der Waals surface area contributed by atoms with Gasteiger partial charge in [0.25, 0.3) is 0 Å². The summed E-state index contributed by atoms with van der Waals surface area (Å²) in [6.07, 6.45) is 1.23. The van der Waals surface area contributed by atoms with Crippen LogP contribution in [0.2, 0.25) is 5.02 Å². The van der Waals surface area contributed by atoms with Gasteiger partial charge in [0.2, 0.25) is 5.91 Å². The predicted octanol–water partition coefficient (Wildman–Crippen LogP) is 1.63. The van der Waals surface area contributed by atoms with Crippen molar-refractivity contribution in [2.45, 2.75) is 32.4 Å². The quantitative estimate of drug-likeness (QED) is 0.853. The molecule has 0 saturated heterocycles. The summed E-state index contributed by atoms with van der Waals surface area (Å²) >= 11 is 6.07. The Balaban J connectivity index is 2.03. The first-order valence-electron chi connectivity index (χ1n) is 6.02. The summed E-state index contributed by atoms with van der Waals surface area (Å²) in [5.74, 6) is 0.626. The topological polar surface area (TPSA) is 64.4 Å². The lowest BCUT2D eigenvalue weighted by Crippen LogP contribution is -2.30. The highest BCUT2D eigenvalue weighted by Crippen LogP contribution is 2.32. The summed E-state index contributed by atoms with van der Waals surface area (Å²) in [6, 6.07) is 3.88. The number of benzene rings is 1. The van der Waals surface area contributed by atoms with Crippen LogP contribution in [0.4, 0.5) is 0 Å². The lowest BCUT2D eigenvalue weighted by atomic mass is 10.1. The second kappa shape index (κ2) is 5.59. The fourth-order valence-electron chi connectivity index (χ4n) is 2.14. The smallest absolute Gasteiger partial charge is 0.218 e. The van der Waals surface area contributed by atoms with Crippen molar-refractivity contribution in [3.05, 3.63) is 28.3 Å². The van der Waals surface area contributed by atoms with Gasteiger partial charge in [0.15, 0.2) is 0 Å². The van der Waals surface area contributed by atoms with E-state index in [1.165, 1.54) is 0 Å². The van der Waals surface area contributed by atoms with Crippen LogP contribution < -0.4 is 15.8 Å². The number of primary amides is 1. The molecule has 0 aromatic heterocycles. The lowest BCUT2D eigenvalue weighted by molar-refractivity contribution is -0.118. The zero-order valence-electron chi connectivity index (χ0n) is 10.3. The molecule has 0 aliphatic carbocycles. The molecule has 1 aliphatic rings. The van der Waals surface area contributed by atoms with E-state index in [0.717, 1.165) is 28.3 Å². The van der Waals surface area contributed by atoms with Gasteiger partial charge >= 0.3 is 0 Å². The Morgan fingerprint density at radius 1 is 1.61 bits per heavy atom. The maximum absolute atomic E-state index is 10.8. The Hall–Kier alpha value is -1.26. The second-order valence-corrected chi connectivity index (χ2v) is 5.04. The molecular weight excluding hydrogens is 252 g/mol. The van der Waals surface area contributed by atoms with Gasteiger partial charge in [-0.25, -0.2) is 0 Å². The molecular formula is C13H17ClN2O2. The molecule has 0 spiro atoms. The Morgan fingerprint density at radius 3 is 3.11 bits per heavy atom. The highest BCUT2D eigenvalue weighted by Gasteiger charge is 2.17. The molecule has 1 aromatic rings. The zero-order valence-corrected chi connectivity index (χ0v) is 11.1. The molecule has 2 rings (SSSR count). The van der Waals surface area contributed by atoms with Crippen LogP contribution in [0.1, 0.15) is 24.5 Å². The largest absolute Gasteiger partial charge is 0.493 e. The number of halogens is 1. The fourth-order valence-corrected chi connectivity index (χ4v) is 2.40. The number of carbonyl (C=O) groups is 1. The van der Waals surface area contributed by atoms with Crippen molar-refractivity contribution >= 4 is 17.5 Å². The molecule has 1 heterocycles. The molecule has 1 aliphatic heterocycles. The first-order valence-corrected chi connectivity index (χ1v) is 6.40. The predicted molar refractivity (Wildman–Crippen MR) is 70.8 cm³/mol. The number of hydrogen-bond acceptors (Lipinski definition) is 3. The minimum Gasteiger partial charge on any atom is -0.493 e. The van der Waals surface area contributed by atoms with Gasteiger partial charge in [0.1, 0.15) is 5.75 Å². The van der Waals surface area contributed by atoms with E-state index in [4.69, 9.17) is 22.1 Å². The number of fused-ring (bicyclic) bond motifs is 1. The first-order chi connectivity index (χ1) is 8.56. The third-order valence-electron chi connectivity index (χ3n) is 2.97. The summed E-state index contributed by atoms with van der Waals surface area (Å²) in [4.78, 5) is 10.8.